The van der Waals surface area contributed by atoms with Gasteiger partial charge < -0.3 is 10.6 Å². The van der Waals surface area contributed by atoms with Gasteiger partial charge in [-0.05, 0) is 19.1 Å². The average Bonchev–Trinajstić information content (AvgIpc) is 2.78. The number of aryl methyl sites for hydroxylation is 2. The lowest BCUT2D eigenvalue weighted by Crippen LogP contribution is -2.29. The summed E-state index contributed by atoms with van der Waals surface area (Å²) in [5, 5.41) is 21.0. The minimum Gasteiger partial charge on any atom is -0.363 e. The Balaban J connectivity index is 1.93. The number of nitro groups is 1. The first kappa shape index (κ1) is 16.8. The highest BCUT2D eigenvalue weighted by Gasteiger charge is 2.23. The summed E-state index contributed by atoms with van der Waals surface area (Å²) in [4.78, 5) is 22.5. The van der Waals surface area contributed by atoms with E-state index in [4.69, 9.17) is 11.6 Å². The van der Waals surface area contributed by atoms with Crippen LogP contribution in [0.2, 0.25) is 5.02 Å². The van der Waals surface area contributed by atoms with Crippen molar-refractivity contribution in [3.63, 3.8) is 0 Å². The fraction of sp³-hybridized carbons (Fsp3) is 0.286. The Morgan fingerprint density at radius 3 is 2.74 bits per heavy atom. The molecule has 0 spiro atoms. The Morgan fingerprint density at radius 1 is 1.39 bits per heavy atom. The van der Waals surface area contributed by atoms with Gasteiger partial charge in [-0.3, -0.25) is 14.9 Å². The lowest BCUT2D eigenvalue weighted by Gasteiger charge is -2.08. The summed E-state index contributed by atoms with van der Waals surface area (Å²) in [5.41, 5.74) is 0.654. The zero-order valence-electron chi connectivity index (χ0n) is 12.7. The number of halogens is 1. The number of amides is 1. The number of nitrogens with zero attached hydrogens (tertiary/aromatic N) is 3. The fourth-order valence-corrected chi connectivity index (χ4v) is 2.38. The molecule has 0 aliphatic heterocycles. The molecular weight excluding hydrogens is 322 g/mol. The van der Waals surface area contributed by atoms with Gasteiger partial charge in [-0.25, -0.2) is 4.68 Å². The molecule has 0 atom stereocenters. The van der Waals surface area contributed by atoms with Crippen LogP contribution in [0, 0.1) is 17.0 Å². The van der Waals surface area contributed by atoms with Gasteiger partial charge in [0.25, 0.3) is 5.91 Å². The number of anilines is 1. The van der Waals surface area contributed by atoms with Crippen molar-refractivity contribution in [1.82, 2.24) is 15.1 Å². The molecule has 2 N–H and O–H groups in total. The van der Waals surface area contributed by atoms with Gasteiger partial charge in [-0.15, -0.1) is 0 Å². The molecule has 0 fully saturated rings. The van der Waals surface area contributed by atoms with Crippen molar-refractivity contribution in [2.24, 2.45) is 7.05 Å². The first-order valence-electron chi connectivity index (χ1n) is 6.86. The molecule has 2 rings (SSSR count). The van der Waals surface area contributed by atoms with E-state index in [1.165, 1.54) is 4.68 Å². The Hall–Kier alpha value is -2.61. The minimum absolute atomic E-state index is 0.0649. The molecule has 1 amide bonds. The topological polar surface area (TPSA) is 102 Å². The number of hydrogen-bond donors (Lipinski definition) is 2. The smallest absolute Gasteiger partial charge is 0.333 e. The maximum absolute atomic E-state index is 12.0. The molecule has 2 aromatic rings. The average molecular weight is 338 g/mol. The summed E-state index contributed by atoms with van der Waals surface area (Å²) in [6, 6.07) is 6.72. The van der Waals surface area contributed by atoms with Gasteiger partial charge in [0.2, 0.25) is 5.82 Å². The van der Waals surface area contributed by atoms with Crippen molar-refractivity contribution < 1.29 is 9.72 Å². The first-order chi connectivity index (χ1) is 10.9. The minimum atomic E-state index is -0.479. The van der Waals surface area contributed by atoms with Crippen LogP contribution in [0.1, 0.15) is 16.1 Å². The van der Waals surface area contributed by atoms with Crippen LogP contribution in [0.5, 0.6) is 0 Å². The molecule has 9 heteroatoms. The van der Waals surface area contributed by atoms with E-state index in [-0.39, 0.29) is 18.1 Å². The van der Waals surface area contributed by atoms with E-state index in [1.54, 1.807) is 38.2 Å². The number of hydrogen-bond acceptors (Lipinski definition) is 5. The van der Waals surface area contributed by atoms with Crippen LogP contribution in [0.4, 0.5) is 11.5 Å². The maximum atomic E-state index is 12.0. The Labute approximate surface area is 137 Å². The van der Waals surface area contributed by atoms with Crippen molar-refractivity contribution in [3.8, 4) is 0 Å². The van der Waals surface area contributed by atoms with Gasteiger partial charge in [0.15, 0.2) is 0 Å². The summed E-state index contributed by atoms with van der Waals surface area (Å²) in [6.07, 6.45) is 0. The van der Waals surface area contributed by atoms with Gasteiger partial charge in [-0.1, -0.05) is 23.7 Å². The standard InChI is InChI=1S/C14H16ClN5O3/c1-9-12(20(22)23)13(19(2)18-9)16-7-8-17-14(21)10-5-3-4-6-11(10)15/h3-6,16H,7-8H2,1-2H3,(H,17,21). The van der Waals surface area contributed by atoms with Gasteiger partial charge in [0.05, 0.1) is 15.5 Å². The number of nitrogens with one attached hydrogen (secondary N) is 2. The molecule has 1 heterocycles. The number of benzene rings is 1. The van der Waals surface area contributed by atoms with Crippen molar-refractivity contribution in [2.45, 2.75) is 6.92 Å². The van der Waals surface area contributed by atoms with Crippen LogP contribution in [0.3, 0.4) is 0 Å². The normalized spacial score (nSPS) is 10.4. The van der Waals surface area contributed by atoms with Crippen molar-refractivity contribution >= 4 is 29.0 Å². The molecule has 23 heavy (non-hydrogen) atoms. The SMILES string of the molecule is Cc1nn(C)c(NCCNC(=O)c2ccccc2Cl)c1[N+](=O)[O-]. The molecule has 0 bridgehead atoms. The molecule has 8 nitrogen and oxygen atoms in total. The van der Waals surface area contributed by atoms with E-state index in [0.717, 1.165) is 0 Å². The Bertz CT molecular complexity index is 744. The van der Waals surface area contributed by atoms with Crippen LogP contribution in [-0.4, -0.2) is 33.7 Å². The zero-order valence-corrected chi connectivity index (χ0v) is 13.4. The number of carbonyl (C=O) groups is 1. The first-order valence-corrected chi connectivity index (χ1v) is 7.24. The summed E-state index contributed by atoms with van der Waals surface area (Å²) in [5.74, 6) is 0.00702. The second kappa shape index (κ2) is 7.10. The summed E-state index contributed by atoms with van der Waals surface area (Å²) in [6.45, 7) is 2.17. The quantitative estimate of drug-likeness (QED) is 0.477. The summed E-state index contributed by atoms with van der Waals surface area (Å²) < 4.78 is 1.41. The third-order valence-corrected chi connectivity index (χ3v) is 3.52. The molecular formula is C14H16ClN5O3. The summed E-state index contributed by atoms with van der Waals surface area (Å²) in [7, 11) is 1.62. The molecule has 0 saturated carbocycles. The predicted molar refractivity (Wildman–Crippen MR) is 86.9 cm³/mol. The lowest BCUT2D eigenvalue weighted by molar-refractivity contribution is -0.384. The highest BCUT2D eigenvalue weighted by atomic mass is 35.5. The highest BCUT2D eigenvalue weighted by Crippen LogP contribution is 2.26. The zero-order chi connectivity index (χ0) is 17.0. The number of carbonyl (C=O) groups excluding carboxylic acids is 1. The molecule has 0 saturated heterocycles. The lowest BCUT2D eigenvalue weighted by atomic mass is 10.2. The van der Waals surface area contributed by atoms with Crippen LogP contribution in [-0.2, 0) is 7.05 Å². The van der Waals surface area contributed by atoms with E-state index < -0.39 is 4.92 Å². The van der Waals surface area contributed by atoms with E-state index >= 15 is 0 Å². The molecule has 0 radical (unpaired) electrons. The summed E-state index contributed by atoms with van der Waals surface area (Å²) >= 11 is 5.94. The van der Waals surface area contributed by atoms with Crippen molar-refractivity contribution in [1.29, 1.82) is 0 Å². The Morgan fingerprint density at radius 2 is 2.09 bits per heavy atom. The van der Waals surface area contributed by atoms with Crippen LogP contribution < -0.4 is 10.6 Å². The van der Waals surface area contributed by atoms with E-state index in [1.807, 2.05) is 0 Å². The molecule has 1 aromatic heterocycles. The molecule has 0 aliphatic rings. The Kier molecular flexibility index (Phi) is 5.17. The van der Waals surface area contributed by atoms with Crippen LogP contribution in [0.15, 0.2) is 24.3 Å². The van der Waals surface area contributed by atoms with Crippen LogP contribution >= 0.6 is 11.6 Å². The van der Waals surface area contributed by atoms with E-state index in [9.17, 15) is 14.9 Å². The monoisotopic (exact) mass is 337 g/mol. The van der Waals surface area contributed by atoms with Gasteiger partial charge in [0.1, 0.15) is 5.69 Å². The second-order valence-corrected chi connectivity index (χ2v) is 5.23. The fourth-order valence-electron chi connectivity index (χ4n) is 2.16. The van der Waals surface area contributed by atoms with E-state index in [2.05, 4.69) is 15.7 Å². The van der Waals surface area contributed by atoms with Crippen molar-refractivity contribution in [3.05, 3.63) is 50.7 Å². The number of aromatic nitrogens is 2. The van der Waals surface area contributed by atoms with Gasteiger partial charge >= 0.3 is 5.69 Å². The third kappa shape index (κ3) is 3.78. The third-order valence-electron chi connectivity index (χ3n) is 3.19. The van der Waals surface area contributed by atoms with Crippen molar-refractivity contribution in [2.75, 3.05) is 18.4 Å². The molecule has 122 valence electrons. The van der Waals surface area contributed by atoms with Gasteiger partial charge in [0, 0.05) is 20.1 Å². The second-order valence-electron chi connectivity index (χ2n) is 4.83. The van der Waals surface area contributed by atoms with E-state index in [0.29, 0.717) is 28.6 Å². The van der Waals surface area contributed by atoms with Crippen LogP contribution in [0.25, 0.3) is 0 Å². The highest BCUT2D eigenvalue weighted by molar-refractivity contribution is 6.33. The maximum Gasteiger partial charge on any atom is 0.333 e. The predicted octanol–water partition coefficient (Wildman–Crippen LogP) is 2.13. The number of rotatable bonds is 6. The molecule has 0 unspecified atom stereocenters. The molecule has 1 aromatic carbocycles. The largest absolute Gasteiger partial charge is 0.363 e. The molecule has 0 aliphatic carbocycles. The van der Waals surface area contributed by atoms with Gasteiger partial charge in [-0.2, -0.15) is 5.10 Å².